The summed E-state index contributed by atoms with van der Waals surface area (Å²) in [6, 6.07) is 0.401. The largest absolute Gasteiger partial charge is 0.323 e. The van der Waals surface area contributed by atoms with E-state index in [2.05, 4.69) is 51.8 Å². The highest BCUT2D eigenvalue weighted by atomic mass is 16.2. The van der Waals surface area contributed by atoms with Gasteiger partial charge in [-0.15, -0.1) is 0 Å². The maximum absolute atomic E-state index is 12.8. The minimum atomic E-state index is 0.0511. The third-order valence-corrected chi connectivity index (χ3v) is 4.46. The molecule has 1 aliphatic rings. The molecule has 0 aromatic heterocycles. The Kier molecular flexibility index (Phi) is 7.72. The predicted molar refractivity (Wildman–Crippen MR) is 90.1 cm³/mol. The molecular formula is C18H36N2O. The lowest BCUT2D eigenvalue weighted by molar-refractivity contribution is -0.132. The molecule has 0 spiro atoms. The molecule has 1 amide bonds. The Hall–Kier alpha value is -0.570. The van der Waals surface area contributed by atoms with Crippen molar-refractivity contribution in [3.8, 4) is 0 Å². The molecule has 0 aliphatic carbocycles. The summed E-state index contributed by atoms with van der Waals surface area (Å²) in [5.41, 5.74) is 0. The number of hydrogen-bond donors (Lipinski definition) is 1. The van der Waals surface area contributed by atoms with E-state index >= 15 is 0 Å². The number of amides is 1. The van der Waals surface area contributed by atoms with Gasteiger partial charge in [0.05, 0.1) is 12.2 Å². The summed E-state index contributed by atoms with van der Waals surface area (Å²) in [4.78, 5) is 14.9. The lowest BCUT2D eigenvalue weighted by atomic mass is 10.0. The van der Waals surface area contributed by atoms with Gasteiger partial charge in [0.15, 0.2) is 0 Å². The highest BCUT2D eigenvalue weighted by molar-refractivity contribution is 5.84. The van der Waals surface area contributed by atoms with Crippen molar-refractivity contribution in [2.75, 3.05) is 0 Å². The lowest BCUT2D eigenvalue weighted by Gasteiger charge is -2.31. The minimum absolute atomic E-state index is 0.0511. The van der Waals surface area contributed by atoms with E-state index in [1.54, 1.807) is 0 Å². The Bertz CT molecular complexity index is 314. The standard InChI is InChI=1S/C18H36N2O/c1-7-8-9-16-18(21)20(15(6)11-10-13(2)3)17(19-16)12-14(4)5/h13-17,19H,7-12H2,1-6H3. The van der Waals surface area contributed by atoms with Crippen molar-refractivity contribution in [1.29, 1.82) is 0 Å². The van der Waals surface area contributed by atoms with E-state index in [1.807, 2.05) is 0 Å². The molecule has 1 fully saturated rings. The topological polar surface area (TPSA) is 32.3 Å². The molecule has 21 heavy (non-hydrogen) atoms. The van der Waals surface area contributed by atoms with E-state index < -0.39 is 0 Å². The van der Waals surface area contributed by atoms with Crippen molar-refractivity contribution in [2.45, 2.75) is 98.3 Å². The van der Waals surface area contributed by atoms with Crippen LogP contribution in [0.2, 0.25) is 0 Å². The maximum Gasteiger partial charge on any atom is 0.241 e. The molecule has 0 aromatic rings. The number of unbranched alkanes of at least 4 members (excludes halogenated alkanes) is 1. The quantitative estimate of drug-likeness (QED) is 0.692. The summed E-state index contributed by atoms with van der Waals surface area (Å²) in [5, 5.41) is 3.60. The third kappa shape index (κ3) is 5.61. The monoisotopic (exact) mass is 296 g/mol. The Morgan fingerprint density at radius 2 is 1.76 bits per heavy atom. The average molecular weight is 296 g/mol. The van der Waals surface area contributed by atoms with Crippen molar-refractivity contribution in [3.05, 3.63) is 0 Å². The Balaban J connectivity index is 2.71. The highest BCUT2D eigenvalue weighted by Gasteiger charge is 2.40. The van der Waals surface area contributed by atoms with Crippen LogP contribution in [-0.2, 0) is 4.79 Å². The van der Waals surface area contributed by atoms with E-state index in [4.69, 9.17) is 0 Å². The minimum Gasteiger partial charge on any atom is -0.323 e. The van der Waals surface area contributed by atoms with Gasteiger partial charge in [-0.2, -0.15) is 0 Å². The molecule has 3 atom stereocenters. The summed E-state index contributed by atoms with van der Waals surface area (Å²) in [5.74, 6) is 1.66. The molecule has 1 heterocycles. The second kappa shape index (κ2) is 8.77. The number of rotatable bonds is 9. The second-order valence-electron chi connectivity index (χ2n) is 7.57. The molecule has 0 aromatic carbocycles. The van der Waals surface area contributed by atoms with Crippen LogP contribution in [-0.4, -0.2) is 29.1 Å². The zero-order chi connectivity index (χ0) is 16.0. The van der Waals surface area contributed by atoms with Crippen LogP contribution in [0.15, 0.2) is 0 Å². The van der Waals surface area contributed by atoms with Crippen molar-refractivity contribution in [1.82, 2.24) is 10.2 Å². The Labute approximate surface area is 131 Å². The van der Waals surface area contributed by atoms with E-state index in [0.29, 0.717) is 23.8 Å². The first-order valence-corrected chi connectivity index (χ1v) is 8.95. The van der Waals surface area contributed by atoms with Crippen LogP contribution >= 0.6 is 0 Å². The number of nitrogens with one attached hydrogen (secondary N) is 1. The first-order valence-electron chi connectivity index (χ1n) is 8.95. The fourth-order valence-corrected chi connectivity index (χ4v) is 3.20. The average Bonchev–Trinajstić information content (AvgIpc) is 2.69. The summed E-state index contributed by atoms with van der Waals surface area (Å²) in [6.45, 7) is 13.4. The zero-order valence-electron chi connectivity index (χ0n) is 15.0. The van der Waals surface area contributed by atoms with Crippen LogP contribution in [0, 0.1) is 11.8 Å². The first kappa shape index (κ1) is 18.5. The molecule has 1 saturated heterocycles. The van der Waals surface area contributed by atoms with Gasteiger partial charge < -0.3 is 4.90 Å². The summed E-state index contributed by atoms with van der Waals surface area (Å²) in [6.07, 6.45) is 6.87. The number of nitrogens with zero attached hydrogens (tertiary/aromatic N) is 1. The van der Waals surface area contributed by atoms with Crippen molar-refractivity contribution < 1.29 is 4.79 Å². The summed E-state index contributed by atoms with van der Waals surface area (Å²) >= 11 is 0. The van der Waals surface area contributed by atoms with E-state index in [0.717, 1.165) is 32.1 Å². The highest BCUT2D eigenvalue weighted by Crippen LogP contribution is 2.25. The van der Waals surface area contributed by atoms with Crippen LogP contribution in [0.5, 0.6) is 0 Å². The van der Waals surface area contributed by atoms with Crippen LogP contribution in [0.1, 0.15) is 80.1 Å². The molecule has 3 nitrogen and oxygen atoms in total. The van der Waals surface area contributed by atoms with E-state index in [1.165, 1.54) is 6.42 Å². The van der Waals surface area contributed by atoms with Gasteiger partial charge in [-0.25, -0.2) is 0 Å². The molecular weight excluding hydrogens is 260 g/mol. The van der Waals surface area contributed by atoms with Gasteiger partial charge in [0.2, 0.25) is 5.91 Å². The second-order valence-corrected chi connectivity index (χ2v) is 7.57. The van der Waals surface area contributed by atoms with Crippen molar-refractivity contribution in [2.24, 2.45) is 11.8 Å². The first-order chi connectivity index (χ1) is 9.86. The van der Waals surface area contributed by atoms with Gasteiger partial charge in [-0.3, -0.25) is 10.1 Å². The SMILES string of the molecule is CCCCC1NC(CC(C)C)N(C(C)CCC(C)C)C1=O. The normalized spacial score (nSPS) is 24.4. The van der Waals surface area contributed by atoms with Crippen LogP contribution in [0.25, 0.3) is 0 Å². The molecule has 0 radical (unpaired) electrons. The third-order valence-electron chi connectivity index (χ3n) is 4.46. The predicted octanol–water partition coefficient (Wildman–Crippen LogP) is 4.17. The Morgan fingerprint density at radius 1 is 1.10 bits per heavy atom. The molecule has 1 N–H and O–H groups in total. The fraction of sp³-hybridized carbons (Fsp3) is 0.944. The zero-order valence-corrected chi connectivity index (χ0v) is 15.0. The van der Waals surface area contributed by atoms with Crippen LogP contribution < -0.4 is 5.32 Å². The molecule has 3 heteroatoms. The molecule has 124 valence electrons. The van der Waals surface area contributed by atoms with Crippen LogP contribution in [0.4, 0.5) is 0 Å². The van der Waals surface area contributed by atoms with Gasteiger partial charge in [-0.05, 0) is 44.4 Å². The number of hydrogen-bond acceptors (Lipinski definition) is 2. The van der Waals surface area contributed by atoms with Crippen molar-refractivity contribution >= 4 is 5.91 Å². The Morgan fingerprint density at radius 3 is 2.29 bits per heavy atom. The van der Waals surface area contributed by atoms with Gasteiger partial charge in [0.1, 0.15) is 0 Å². The smallest absolute Gasteiger partial charge is 0.241 e. The van der Waals surface area contributed by atoms with Crippen LogP contribution in [0.3, 0.4) is 0 Å². The van der Waals surface area contributed by atoms with Gasteiger partial charge in [-0.1, -0.05) is 47.5 Å². The fourth-order valence-electron chi connectivity index (χ4n) is 3.20. The summed E-state index contributed by atoms with van der Waals surface area (Å²) in [7, 11) is 0. The lowest BCUT2D eigenvalue weighted by Crippen LogP contribution is -2.44. The van der Waals surface area contributed by atoms with Gasteiger partial charge in [0.25, 0.3) is 0 Å². The van der Waals surface area contributed by atoms with Crippen molar-refractivity contribution in [3.63, 3.8) is 0 Å². The molecule has 0 bridgehead atoms. The maximum atomic E-state index is 12.8. The summed E-state index contributed by atoms with van der Waals surface area (Å²) < 4.78 is 0. The number of carbonyl (C=O) groups is 1. The molecule has 1 aliphatic heterocycles. The molecule has 1 rings (SSSR count). The van der Waals surface area contributed by atoms with E-state index in [9.17, 15) is 4.79 Å². The molecule has 0 saturated carbocycles. The van der Waals surface area contributed by atoms with Gasteiger partial charge in [0, 0.05) is 6.04 Å². The number of carbonyl (C=O) groups excluding carboxylic acids is 1. The molecule has 3 unspecified atom stereocenters. The van der Waals surface area contributed by atoms with Gasteiger partial charge >= 0.3 is 0 Å². The van der Waals surface area contributed by atoms with E-state index in [-0.39, 0.29) is 12.2 Å².